The van der Waals surface area contributed by atoms with Crippen molar-refractivity contribution in [1.29, 1.82) is 0 Å². The van der Waals surface area contributed by atoms with Crippen LogP contribution in [0.4, 0.5) is 14.5 Å². The third-order valence-corrected chi connectivity index (χ3v) is 2.82. The van der Waals surface area contributed by atoms with E-state index >= 15 is 0 Å². The number of hydrogen-bond acceptors (Lipinski definition) is 2. The van der Waals surface area contributed by atoms with Crippen molar-refractivity contribution in [3.63, 3.8) is 0 Å². The minimum Gasteiger partial charge on any atom is -0.435 e. The van der Waals surface area contributed by atoms with Crippen molar-refractivity contribution in [1.82, 2.24) is 0 Å². The maximum absolute atomic E-state index is 11.9. The largest absolute Gasteiger partial charge is 0.435 e. The fourth-order valence-corrected chi connectivity index (χ4v) is 1.63. The monoisotopic (exact) mass is 241 g/mol. The summed E-state index contributed by atoms with van der Waals surface area (Å²) in [5, 5.41) is 2.74. The van der Waals surface area contributed by atoms with Crippen LogP contribution >= 0.6 is 0 Å². The van der Waals surface area contributed by atoms with E-state index in [1.807, 2.05) is 0 Å². The lowest BCUT2D eigenvalue weighted by atomic mass is 9.85. The summed E-state index contributed by atoms with van der Waals surface area (Å²) in [5.74, 6) is 0.187. The van der Waals surface area contributed by atoms with Crippen LogP contribution in [0.25, 0.3) is 0 Å². The summed E-state index contributed by atoms with van der Waals surface area (Å²) in [6.07, 6.45) is 2.95. The van der Waals surface area contributed by atoms with Crippen LogP contribution in [0.5, 0.6) is 5.75 Å². The predicted octanol–water partition coefficient (Wildman–Crippen LogP) is 3.03. The summed E-state index contributed by atoms with van der Waals surface area (Å²) < 4.78 is 28.0. The average molecular weight is 241 g/mol. The molecule has 1 aliphatic rings. The second-order valence-corrected chi connectivity index (χ2v) is 4.02. The molecule has 2 rings (SSSR count). The van der Waals surface area contributed by atoms with E-state index in [-0.39, 0.29) is 17.6 Å². The highest BCUT2D eigenvalue weighted by atomic mass is 19.3. The molecule has 3 nitrogen and oxygen atoms in total. The van der Waals surface area contributed by atoms with Gasteiger partial charge in [-0.05, 0) is 37.1 Å². The minimum atomic E-state index is -2.83. The molecule has 0 atom stereocenters. The standard InChI is InChI=1S/C12H13F2NO2/c13-12(14)17-10-6-4-9(5-7-10)15-11(16)8-2-1-3-8/h4-8,12H,1-3H2,(H,15,16). The molecule has 1 amide bonds. The fraction of sp³-hybridized carbons (Fsp3) is 0.417. The van der Waals surface area contributed by atoms with Gasteiger partial charge in [0.15, 0.2) is 0 Å². The van der Waals surface area contributed by atoms with E-state index < -0.39 is 6.61 Å². The first-order valence-electron chi connectivity index (χ1n) is 5.51. The Morgan fingerprint density at radius 2 is 1.94 bits per heavy atom. The molecular weight excluding hydrogens is 228 g/mol. The molecule has 0 aliphatic heterocycles. The molecule has 1 saturated carbocycles. The Morgan fingerprint density at radius 3 is 2.41 bits per heavy atom. The molecule has 5 heteroatoms. The van der Waals surface area contributed by atoms with Gasteiger partial charge in [0.25, 0.3) is 0 Å². The number of nitrogens with one attached hydrogen (secondary N) is 1. The molecule has 17 heavy (non-hydrogen) atoms. The lowest BCUT2D eigenvalue weighted by Gasteiger charge is -2.24. The second kappa shape index (κ2) is 5.12. The van der Waals surface area contributed by atoms with Crippen molar-refractivity contribution in [2.45, 2.75) is 25.9 Å². The number of hydrogen-bond donors (Lipinski definition) is 1. The van der Waals surface area contributed by atoms with Gasteiger partial charge in [-0.2, -0.15) is 8.78 Å². The van der Waals surface area contributed by atoms with Crippen LogP contribution in [-0.2, 0) is 4.79 Å². The third kappa shape index (κ3) is 3.15. The number of carbonyl (C=O) groups excluding carboxylic acids is 1. The lowest BCUT2D eigenvalue weighted by molar-refractivity contribution is -0.122. The van der Waals surface area contributed by atoms with Crippen molar-refractivity contribution < 1.29 is 18.3 Å². The van der Waals surface area contributed by atoms with Gasteiger partial charge < -0.3 is 10.1 Å². The van der Waals surface area contributed by atoms with Gasteiger partial charge >= 0.3 is 6.61 Å². The number of rotatable bonds is 4. The molecule has 1 fully saturated rings. The Hall–Kier alpha value is -1.65. The first-order chi connectivity index (χ1) is 8.15. The molecule has 0 unspecified atom stereocenters. The van der Waals surface area contributed by atoms with E-state index in [2.05, 4.69) is 10.1 Å². The van der Waals surface area contributed by atoms with Crippen LogP contribution in [0.2, 0.25) is 0 Å². The molecule has 0 aromatic heterocycles. The predicted molar refractivity (Wildman–Crippen MR) is 59.0 cm³/mol. The van der Waals surface area contributed by atoms with E-state index in [9.17, 15) is 13.6 Å². The van der Waals surface area contributed by atoms with Crippen molar-refractivity contribution >= 4 is 11.6 Å². The van der Waals surface area contributed by atoms with Crippen LogP contribution in [0.1, 0.15) is 19.3 Å². The number of ether oxygens (including phenoxy) is 1. The van der Waals surface area contributed by atoms with Gasteiger partial charge in [-0.25, -0.2) is 0 Å². The minimum absolute atomic E-state index is 0.00113. The molecule has 1 aliphatic carbocycles. The fourth-order valence-electron chi connectivity index (χ4n) is 1.63. The normalized spacial score (nSPS) is 15.5. The Labute approximate surface area is 97.8 Å². The number of amides is 1. The molecule has 92 valence electrons. The van der Waals surface area contributed by atoms with Crippen LogP contribution in [0.3, 0.4) is 0 Å². The second-order valence-electron chi connectivity index (χ2n) is 4.02. The van der Waals surface area contributed by atoms with Crippen molar-refractivity contribution in [3.05, 3.63) is 24.3 Å². The summed E-state index contributed by atoms with van der Waals surface area (Å²) in [6, 6.07) is 5.91. The highest BCUT2D eigenvalue weighted by molar-refractivity contribution is 5.93. The molecule has 1 aromatic rings. The molecule has 1 N–H and O–H groups in total. The topological polar surface area (TPSA) is 38.3 Å². The van der Waals surface area contributed by atoms with Gasteiger partial charge in [0, 0.05) is 11.6 Å². The van der Waals surface area contributed by atoms with E-state index in [1.165, 1.54) is 12.1 Å². The quantitative estimate of drug-likeness (QED) is 0.879. The average Bonchev–Trinajstić information content (AvgIpc) is 2.17. The summed E-state index contributed by atoms with van der Waals surface area (Å²) >= 11 is 0. The zero-order valence-electron chi connectivity index (χ0n) is 9.16. The number of halogens is 2. The van der Waals surface area contributed by atoms with Gasteiger partial charge in [-0.1, -0.05) is 6.42 Å². The Bertz CT molecular complexity index is 388. The maximum Gasteiger partial charge on any atom is 0.387 e. The van der Waals surface area contributed by atoms with Crippen molar-refractivity contribution in [3.8, 4) is 5.75 Å². The van der Waals surface area contributed by atoms with Crippen LogP contribution in [0, 0.1) is 5.92 Å². The summed E-state index contributed by atoms with van der Waals surface area (Å²) in [4.78, 5) is 11.6. The lowest BCUT2D eigenvalue weighted by Crippen LogP contribution is -2.27. The van der Waals surface area contributed by atoms with E-state index in [4.69, 9.17) is 0 Å². The first kappa shape index (κ1) is 11.8. The summed E-state index contributed by atoms with van der Waals surface area (Å²) in [6.45, 7) is -2.83. The van der Waals surface area contributed by atoms with E-state index in [0.717, 1.165) is 19.3 Å². The third-order valence-electron chi connectivity index (χ3n) is 2.82. The molecule has 0 heterocycles. The highest BCUT2D eigenvalue weighted by Gasteiger charge is 2.24. The maximum atomic E-state index is 11.9. The van der Waals surface area contributed by atoms with Crippen molar-refractivity contribution in [2.24, 2.45) is 5.92 Å². The Kier molecular flexibility index (Phi) is 3.56. The van der Waals surface area contributed by atoms with Gasteiger partial charge in [-0.15, -0.1) is 0 Å². The van der Waals surface area contributed by atoms with E-state index in [0.29, 0.717) is 5.69 Å². The number of anilines is 1. The summed E-state index contributed by atoms with van der Waals surface area (Å²) in [5.41, 5.74) is 0.600. The van der Waals surface area contributed by atoms with Crippen LogP contribution in [-0.4, -0.2) is 12.5 Å². The van der Waals surface area contributed by atoms with Gasteiger partial charge in [0.1, 0.15) is 5.75 Å². The van der Waals surface area contributed by atoms with Gasteiger partial charge in [0.05, 0.1) is 0 Å². The number of carbonyl (C=O) groups is 1. The van der Waals surface area contributed by atoms with Gasteiger partial charge in [-0.3, -0.25) is 4.79 Å². The molecule has 0 saturated heterocycles. The van der Waals surface area contributed by atoms with Crippen LogP contribution in [0.15, 0.2) is 24.3 Å². The van der Waals surface area contributed by atoms with E-state index in [1.54, 1.807) is 12.1 Å². The Morgan fingerprint density at radius 1 is 1.29 bits per heavy atom. The molecular formula is C12H13F2NO2. The SMILES string of the molecule is O=C(Nc1ccc(OC(F)F)cc1)C1CCC1. The van der Waals surface area contributed by atoms with Crippen molar-refractivity contribution in [2.75, 3.05) is 5.32 Å². The molecule has 0 radical (unpaired) electrons. The first-order valence-corrected chi connectivity index (χ1v) is 5.51. The molecule has 0 spiro atoms. The number of alkyl halides is 2. The highest BCUT2D eigenvalue weighted by Crippen LogP contribution is 2.28. The molecule has 1 aromatic carbocycles. The van der Waals surface area contributed by atoms with Crippen LogP contribution < -0.4 is 10.1 Å². The smallest absolute Gasteiger partial charge is 0.387 e. The Balaban J connectivity index is 1.90. The molecule has 0 bridgehead atoms. The summed E-state index contributed by atoms with van der Waals surface area (Å²) in [7, 11) is 0. The zero-order chi connectivity index (χ0) is 12.3. The zero-order valence-corrected chi connectivity index (χ0v) is 9.16. The number of benzene rings is 1. The van der Waals surface area contributed by atoms with Gasteiger partial charge in [0.2, 0.25) is 5.91 Å².